The van der Waals surface area contributed by atoms with Crippen molar-refractivity contribution >= 4 is 0 Å². The third-order valence-corrected chi connectivity index (χ3v) is 2.03. The largest absolute Gasteiger partial charge is 1.00 e. The highest BCUT2D eigenvalue weighted by molar-refractivity contribution is 4.42. The maximum absolute atomic E-state index is 2.30. The minimum atomic E-state index is 0. The average molecular weight is 217 g/mol. The quantitative estimate of drug-likeness (QED) is 0.448. The molecule has 0 fully saturated rings. The Morgan fingerprint density at radius 3 is 1.50 bits per heavy atom. The summed E-state index contributed by atoms with van der Waals surface area (Å²) in [6.07, 6.45) is 0. The average Bonchev–Trinajstić information content (AvgIpc) is 1.60. The lowest BCUT2D eigenvalue weighted by Gasteiger charge is -2.31. The summed E-state index contributed by atoms with van der Waals surface area (Å²) in [5.41, 5.74) is 0. The molecule has 0 spiro atoms. The molecule has 0 bridgehead atoms. The highest BCUT2D eigenvalue weighted by atomic mass is 35.5. The normalized spacial score (nSPS) is 13.2. The second-order valence-electron chi connectivity index (χ2n) is 4.38. The van der Waals surface area contributed by atoms with Crippen molar-refractivity contribution in [1.82, 2.24) is 0 Å². The number of halogens is 2. The molecule has 0 aliphatic carbocycles. The predicted molar refractivity (Wildman–Crippen MR) is 45.2 cm³/mol. The lowest BCUT2D eigenvalue weighted by molar-refractivity contribution is -0.942. The van der Waals surface area contributed by atoms with Crippen molar-refractivity contribution in [3.63, 3.8) is 0 Å². The molecule has 1 N–H and O–H groups in total. The van der Waals surface area contributed by atoms with E-state index in [0.717, 1.165) is 10.5 Å². The maximum Gasteiger partial charge on any atom is 0.135 e. The molecule has 1 unspecified atom stereocenters. The summed E-state index contributed by atoms with van der Waals surface area (Å²) < 4.78 is 1.06. The van der Waals surface area contributed by atoms with E-state index in [-0.39, 0.29) is 24.8 Å². The molecule has 2 nitrogen and oxygen atoms in total. The van der Waals surface area contributed by atoms with Gasteiger partial charge in [0, 0.05) is 0 Å². The Bertz CT molecular complexity index is 99.7. The number of rotatable bonds is 3. The second-order valence-corrected chi connectivity index (χ2v) is 4.38. The molecule has 78 valence electrons. The maximum atomic E-state index is 2.30. The van der Waals surface area contributed by atoms with Crippen LogP contribution in [0, 0.1) is 0 Å². The van der Waals surface area contributed by atoms with Crippen LogP contribution in [0.15, 0.2) is 0 Å². The Morgan fingerprint density at radius 2 is 1.42 bits per heavy atom. The van der Waals surface area contributed by atoms with Crippen LogP contribution in [0.5, 0.6) is 0 Å². The lowest BCUT2D eigenvalue weighted by Crippen LogP contribution is -3.07. The third-order valence-electron chi connectivity index (χ3n) is 2.03. The van der Waals surface area contributed by atoms with Gasteiger partial charge >= 0.3 is 0 Å². The molecule has 0 saturated heterocycles. The zero-order valence-corrected chi connectivity index (χ0v) is 10.5. The summed E-state index contributed by atoms with van der Waals surface area (Å²) in [4.78, 5) is 1.53. The van der Waals surface area contributed by atoms with Crippen LogP contribution in [-0.4, -0.2) is 52.3 Å². The Kier molecular flexibility index (Phi) is 10.6. The van der Waals surface area contributed by atoms with Gasteiger partial charge in [0.25, 0.3) is 0 Å². The number of nitrogens with zero attached hydrogens (tertiary/aromatic N) is 1. The van der Waals surface area contributed by atoms with Gasteiger partial charge in [-0.15, -0.1) is 0 Å². The summed E-state index contributed by atoms with van der Waals surface area (Å²) in [5, 5.41) is 0. The fraction of sp³-hybridized carbons (Fsp3) is 1.00. The third kappa shape index (κ3) is 8.60. The fourth-order valence-corrected chi connectivity index (χ4v) is 0.865. The van der Waals surface area contributed by atoms with Crippen LogP contribution in [0.3, 0.4) is 0 Å². The van der Waals surface area contributed by atoms with Crippen molar-refractivity contribution < 1.29 is 34.2 Å². The Balaban J connectivity index is -0.000000405. The van der Waals surface area contributed by atoms with Gasteiger partial charge in [0.1, 0.15) is 12.6 Å². The Labute approximate surface area is 89.3 Å². The van der Waals surface area contributed by atoms with Crippen molar-refractivity contribution in [3.05, 3.63) is 0 Å². The molecular weight excluding hydrogens is 195 g/mol. The molecular formula is C8H22Cl2N2. The first-order valence-corrected chi connectivity index (χ1v) is 3.94. The minimum absolute atomic E-state index is 0. The number of hydrogen-bond donors (Lipinski definition) is 1. The minimum Gasteiger partial charge on any atom is -1.00 e. The van der Waals surface area contributed by atoms with Crippen molar-refractivity contribution in [1.29, 1.82) is 0 Å². The van der Waals surface area contributed by atoms with Crippen LogP contribution < -0.4 is 29.7 Å². The van der Waals surface area contributed by atoms with Gasteiger partial charge in [-0.25, -0.2) is 0 Å². The van der Waals surface area contributed by atoms with Crippen LogP contribution in [0.2, 0.25) is 0 Å². The number of likely N-dealkylation sites (N-methyl/N-ethyl adjacent to an activating group) is 2. The van der Waals surface area contributed by atoms with Gasteiger partial charge in [-0.05, 0) is 6.92 Å². The summed E-state index contributed by atoms with van der Waals surface area (Å²) in [6.45, 7) is 3.54. The van der Waals surface area contributed by atoms with E-state index in [4.69, 9.17) is 0 Å². The molecule has 0 aromatic rings. The molecule has 0 saturated carbocycles. The van der Waals surface area contributed by atoms with Crippen LogP contribution in [0.25, 0.3) is 0 Å². The molecule has 0 aromatic heterocycles. The van der Waals surface area contributed by atoms with E-state index >= 15 is 0 Å². The first-order chi connectivity index (χ1) is 4.34. The Hall–Kier alpha value is 0.500. The standard InChI is InChI=1S/C8H21N2.2ClH/c1-8(7-9(2)3)10(4,5)6;;/h8H,7H2,1-6H3;2*1H/q+1;;/p-1. The molecule has 0 amide bonds. The predicted octanol–water partition coefficient (Wildman–Crippen LogP) is -6.77. The number of hydrogen-bond acceptors (Lipinski definition) is 0. The van der Waals surface area contributed by atoms with E-state index < -0.39 is 0 Å². The van der Waals surface area contributed by atoms with Gasteiger partial charge in [0.05, 0.1) is 35.2 Å². The lowest BCUT2D eigenvalue weighted by atomic mass is 10.2. The van der Waals surface area contributed by atoms with E-state index in [2.05, 4.69) is 42.2 Å². The highest BCUT2D eigenvalue weighted by Gasteiger charge is 2.20. The monoisotopic (exact) mass is 216 g/mol. The zero-order chi connectivity index (χ0) is 8.36. The molecule has 12 heavy (non-hydrogen) atoms. The first kappa shape index (κ1) is 18.3. The van der Waals surface area contributed by atoms with Crippen LogP contribution in [-0.2, 0) is 0 Å². The molecule has 0 heterocycles. The molecule has 0 aliphatic rings. The smallest absolute Gasteiger partial charge is 0.135 e. The van der Waals surface area contributed by atoms with Crippen LogP contribution in [0.4, 0.5) is 0 Å². The molecule has 0 aliphatic heterocycles. The second kappa shape index (κ2) is 6.96. The van der Waals surface area contributed by atoms with Crippen LogP contribution >= 0.6 is 0 Å². The SMILES string of the molecule is CC(C[NH+](C)C)[N+](C)(C)C.[Cl-].[Cl-]. The highest BCUT2D eigenvalue weighted by Crippen LogP contribution is 1.97. The van der Waals surface area contributed by atoms with Crippen molar-refractivity contribution in [3.8, 4) is 0 Å². The first-order valence-electron chi connectivity index (χ1n) is 3.94. The van der Waals surface area contributed by atoms with E-state index in [0.29, 0.717) is 0 Å². The molecule has 4 heteroatoms. The number of nitrogens with one attached hydrogen (secondary N) is 1. The summed E-state index contributed by atoms with van der Waals surface area (Å²) in [7, 11) is 11.1. The van der Waals surface area contributed by atoms with Gasteiger partial charge < -0.3 is 34.2 Å². The summed E-state index contributed by atoms with van der Waals surface area (Å²) in [6, 6.07) is 0.741. The topological polar surface area (TPSA) is 4.44 Å². The molecule has 0 rings (SSSR count). The summed E-state index contributed by atoms with van der Waals surface area (Å²) >= 11 is 0. The van der Waals surface area contributed by atoms with E-state index in [9.17, 15) is 0 Å². The van der Waals surface area contributed by atoms with Crippen molar-refractivity contribution in [2.24, 2.45) is 0 Å². The van der Waals surface area contributed by atoms with Crippen LogP contribution in [0.1, 0.15) is 6.92 Å². The van der Waals surface area contributed by atoms with Gasteiger partial charge in [-0.1, -0.05) is 0 Å². The van der Waals surface area contributed by atoms with Crippen molar-refractivity contribution in [2.45, 2.75) is 13.0 Å². The van der Waals surface area contributed by atoms with E-state index in [1.54, 1.807) is 0 Å². The molecule has 0 aromatic carbocycles. The zero-order valence-electron chi connectivity index (χ0n) is 8.99. The van der Waals surface area contributed by atoms with Gasteiger partial charge in [0.2, 0.25) is 0 Å². The number of quaternary nitrogens is 2. The van der Waals surface area contributed by atoms with Gasteiger partial charge in [-0.3, -0.25) is 0 Å². The Morgan fingerprint density at radius 1 is 1.08 bits per heavy atom. The van der Waals surface area contributed by atoms with Gasteiger partial charge in [-0.2, -0.15) is 0 Å². The van der Waals surface area contributed by atoms with Crippen molar-refractivity contribution in [2.75, 3.05) is 41.8 Å². The van der Waals surface area contributed by atoms with E-state index in [1.165, 1.54) is 11.4 Å². The van der Waals surface area contributed by atoms with E-state index in [1.807, 2.05) is 0 Å². The summed E-state index contributed by atoms with van der Waals surface area (Å²) in [5.74, 6) is 0. The molecule has 0 radical (unpaired) electrons. The van der Waals surface area contributed by atoms with Gasteiger partial charge in [0.15, 0.2) is 0 Å². The molecule has 1 atom stereocenters. The fourth-order valence-electron chi connectivity index (χ4n) is 0.865.